The quantitative estimate of drug-likeness (QED) is 0.805. The molecular weight excluding hydrogens is 214 g/mol. The van der Waals surface area contributed by atoms with E-state index in [1.54, 1.807) is 0 Å². The number of nitrogens with zero attached hydrogens (tertiary/aromatic N) is 1. The van der Waals surface area contributed by atoms with Crippen LogP contribution in [0.15, 0.2) is 0 Å². The lowest BCUT2D eigenvalue weighted by Gasteiger charge is -2.43. The highest BCUT2D eigenvalue weighted by molar-refractivity contribution is 5.73. The van der Waals surface area contributed by atoms with Gasteiger partial charge in [-0.1, -0.05) is 26.7 Å². The Morgan fingerprint density at radius 1 is 1.12 bits per heavy atom. The van der Waals surface area contributed by atoms with Crippen LogP contribution in [0.3, 0.4) is 0 Å². The summed E-state index contributed by atoms with van der Waals surface area (Å²) in [6, 6.07) is 0.293. The molecule has 98 valence electrons. The molecule has 2 aliphatic rings. The molecule has 1 aliphatic heterocycles. The molecule has 0 amide bonds. The summed E-state index contributed by atoms with van der Waals surface area (Å²) in [6.45, 7) is 5.46. The van der Waals surface area contributed by atoms with Crippen LogP contribution in [-0.4, -0.2) is 34.6 Å². The molecule has 0 bridgehead atoms. The Morgan fingerprint density at radius 3 is 2.47 bits per heavy atom. The lowest BCUT2D eigenvalue weighted by Crippen LogP contribution is -2.52. The van der Waals surface area contributed by atoms with Crippen molar-refractivity contribution in [2.24, 2.45) is 11.8 Å². The number of rotatable bonds is 2. The molecule has 3 nitrogen and oxygen atoms in total. The van der Waals surface area contributed by atoms with Crippen LogP contribution in [0, 0.1) is 11.8 Å². The second-order valence-electron chi connectivity index (χ2n) is 6.15. The van der Waals surface area contributed by atoms with E-state index in [2.05, 4.69) is 18.7 Å². The first-order valence-electron chi connectivity index (χ1n) is 7.06. The summed E-state index contributed by atoms with van der Waals surface area (Å²) in [5.41, 5.74) is 0. The normalized spacial score (nSPS) is 40.1. The second-order valence-corrected chi connectivity index (χ2v) is 6.15. The maximum absolute atomic E-state index is 11.4. The van der Waals surface area contributed by atoms with Crippen LogP contribution in [0.1, 0.15) is 52.4 Å². The van der Waals surface area contributed by atoms with Gasteiger partial charge in [-0.15, -0.1) is 0 Å². The van der Waals surface area contributed by atoms with Crippen molar-refractivity contribution in [1.82, 2.24) is 4.90 Å². The topological polar surface area (TPSA) is 40.5 Å². The van der Waals surface area contributed by atoms with Gasteiger partial charge in [0.1, 0.15) is 6.04 Å². The average molecular weight is 239 g/mol. The van der Waals surface area contributed by atoms with Crippen molar-refractivity contribution >= 4 is 5.97 Å². The van der Waals surface area contributed by atoms with E-state index in [-0.39, 0.29) is 6.04 Å². The maximum Gasteiger partial charge on any atom is 0.320 e. The lowest BCUT2D eigenvalue weighted by molar-refractivity contribution is -0.147. The number of likely N-dealkylation sites (tertiary alicyclic amines) is 1. The van der Waals surface area contributed by atoms with Crippen LogP contribution < -0.4 is 0 Å². The summed E-state index contributed by atoms with van der Waals surface area (Å²) >= 11 is 0. The Hall–Kier alpha value is -0.570. The fourth-order valence-electron chi connectivity index (χ4n) is 3.54. The standard InChI is InChI=1S/C14H25NO2/c1-10-4-3-5-12(8-10)15-7-6-11(2)9-13(15)14(16)17/h10-13H,3-9H2,1-2H3,(H,16,17). The van der Waals surface area contributed by atoms with E-state index in [9.17, 15) is 9.90 Å². The molecule has 4 unspecified atom stereocenters. The molecule has 0 radical (unpaired) electrons. The molecule has 0 aromatic carbocycles. The minimum absolute atomic E-state index is 0.228. The smallest absolute Gasteiger partial charge is 0.320 e. The fourth-order valence-corrected chi connectivity index (χ4v) is 3.54. The molecule has 0 aromatic heterocycles. The molecule has 1 saturated carbocycles. The molecule has 2 fully saturated rings. The van der Waals surface area contributed by atoms with Crippen LogP contribution in [0.25, 0.3) is 0 Å². The van der Waals surface area contributed by atoms with Gasteiger partial charge < -0.3 is 5.11 Å². The number of carboxylic acids is 1. The Labute approximate surface area is 104 Å². The van der Waals surface area contributed by atoms with Crippen molar-refractivity contribution in [2.45, 2.75) is 64.5 Å². The Morgan fingerprint density at radius 2 is 1.82 bits per heavy atom. The van der Waals surface area contributed by atoms with E-state index in [1.165, 1.54) is 25.7 Å². The summed E-state index contributed by atoms with van der Waals surface area (Å²) < 4.78 is 0. The first-order chi connectivity index (χ1) is 8.08. The highest BCUT2D eigenvalue weighted by Crippen LogP contribution is 2.32. The van der Waals surface area contributed by atoms with Crippen LogP contribution in [0.5, 0.6) is 0 Å². The average Bonchev–Trinajstić information content (AvgIpc) is 2.28. The molecular formula is C14H25NO2. The number of piperidine rings is 1. The SMILES string of the molecule is CC1CCCC(N2CCC(C)CC2C(=O)O)C1. The van der Waals surface area contributed by atoms with Gasteiger partial charge in [0.25, 0.3) is 0 Å². The van der Waals surface area contributed by atoms with Crippen molar-refractivity contribution in [3.63, 3.8) is 0 Å². The molecule has 0 aromatic rings. The fraction of sp³-hybridized carbons (Fsp3) is 0.929. The van der Waals surface area contributed by atoms with Crippen molar-refractivity contribution in [3.05, 3.63) is 0 Å². The zero-order chi connectivity index (χ0) is 12.4. The largest absolute Gasteiger partial charge is 0.480 e. The van der Waals surface area contributed by atoms with Crippen molar-refractivity contribution in [3.8, 4) is 0 Å². The van der Waals surface area contributed by atoms with Crippen molar-refractivity contribution in [2.75, 3.05) is 6.54 Å². The highest BCUT2D eigenvalue weighted by atomic mass is 16.4. The van der Waals surface area contributed by atoms with E-state index in [0.717, 1.165) is 25.3 Å². The van der Waals surface area contributed by atoms with E-state index >= 15 is 0 Å². The maximum atomic E-state index is 11.4. The number of carboxylic acid groups (broad SMARTS) is 1. The van der Waals surface area contributed by atoms with Gasteiger partial charge in [0.05, 0.1) is 0 Å². The molecule has 0 spiro atoms. The Kier molecular flexibility index (Phi) is 4.08. The second kappa shape index (κ2) is 5.38. The minimum atomic E-state index is -0.616. The van der Waals surface area contributed by atoms with Crippen molar-refractivity contribution < 1.29 is 9.90 Å². The van der Waals surface area contributed by atoms with Crippen LogP contribution in [-0.2, 0) is 4.79 Å². The highest BCUT2D eigenvalue weighted by Gasteiger charge is 2.37. The van der Waals surface area contributed by atoms with Gasteiger partial charge >= 0.3 is 5.97 Å². The number of aliphatic carboxylic acids is 1. The van der Waals surface area contributed by atoms with Crippen molar-refractivity contribution in [1.29, 1.82) is 0 Å². The third kappa shape index (κ3) is 3.01. The molecule has 2 rings (SSSR count). The third-order valence-electron chi connectivity index (χ3n) is 4.57. The Bertz CT molecular complexity index is 279. The summed E-state index contributed by atoms with van der Waals surface area (Å²) in [5, 5.41) is 9.38. The molecule has 1 saturated heterocycles. The van der Waals surface area contributed by atoms with Crippen LogP contribution in [0.4, 0.5) is 0 Å². The first-order valence-corrected chi connectivity index (χ1v) is 7.06. The van der Waals surface area contributed by atoms with E-state index in [4.69, 9.17) is 0 Å². The van der Waals surface area contributed by atoms with Gasteiger partial charge in [-0.25, -0.2) is 0 Å². The van der Waals surface area contributed by atoms with Gasteiger partial charge in [0.2, 0.25) is 0 Å². The number of carbonyl (C=O) groups is 1. The third-order valence-corrected chi connectivity index (χ3v) is 4.57. The molecule has 17 heavy (non-hydrogen) atoms. The van der Waals surface area contributed by atoms with E-state index < -0.39 is 5.97 Å². The van der Waals surface area contributed by atoms with Gasteiger partial charge in [-0.2, -0.15) is 0 Å². The molecule has 1 heterocycles. The predicted octanol–water partition coefficient (Wildman–Crippen LogP) is 2.75. The minimum Gasteiger partial charge on any atom is -0.480 e. The summed E-state index contributed by atoms with van der Waals surface area (Å²) in [6.07, 6.45) is 6.97. The van der Waals surface area contributed by atoms with Crippen LogP contribution in [0.2, 0.25) is 0 Å². The lowest BCUT2D eigenvalue weighted by atomic mass is 9.83. The summed E-state index contributed by atoms with van der Waals surface area (Å²) in [7, 11) is 0. The molecule has 4 atom stereocenters. The van der Waals surface area contributed by atoms with E-state index in [1.807, 2.05) is 0 Å². The van der Waals surface area contributed by atoms with Gasteiger partial charge in [0, 0.05) is 6.04 Å². The number of hydrogen-bond donors (Lipinski definition) is 1. The Balaban J connectivity index is 2.03. The number of hydrogen-bond acceptors (Lipinski definition) is 2. The van der Waals surface area contributed by atoms with Crippen LogP contribution >= 0.6 is 0 Å². The summed E-state index contributed by atoms with van der Waals surface area (Å²) in [5.74, 6) is 0.714. The van der Waals surface area contributed by atoms with E-state index in [0.29, 0.717) is 12.0 Å². The zero-order valence-electron chi connectivity index (χ0n) is 11.1. The first kappa shape index (κ1) is 12.9. The monoisotopic (exact) mass is 239 g/mol. The molecule has 1 N–H and O–H groups in total. The predicted molar refractivity (Wildman–Crippen MR) is 67.9 cm³/mol. The molecule has 1 aliphatic carbocycles. The zero-order valence-corrected chi connectivity index (χ0v) is 11.1. The summed E-state index contributed by atoms with van der Waals surface area (Å²) in [4.78, 5) is 13.7. The van der Waals surface area contributed by atoms with Gasteiger partial charge in [-0.05, 0) is 44.1 Å². The van der Waals surface area contributed by atoms with Gasteiger partial charge in [-0.3, -0.25) is 9.69 Å². The molecule has 3 heteroatoms. The van der Waals surface area contributed by atoms with Gasteiger partial charge in [0.15, 0.2) is 0 Å².